The minimum atomic E-state index is -0.0893. The van der Waals surface area contributed by atoms with Crippen molar-refractivity contribution in [2.75, 3.05) is 32.1 Å². The maximum atomic E-state index is 12.1. The summed E-state index contributed by atoms with van der Waals surface area (Å²) >= 11 is 0. The van der Waals surface area contributed by atoms with Crippen molar-refractivity contribution in [1.82, 2.24) is 4.90 Å². The lowest BCUT2D eigenvalue weighted by Gasteiger charge is -2.15. The first kappa shape index (κ1) is 15.4. The zero-order valence-corrected chi connectivity index (χ0v) is 13.1. The molecule has 1 aromatic heterocycles. The van der Waals surface area contributed by atoms with E-state index in [0.717, 1.165) is 17.9 Å². The number of carbonyl (C=O) groups excluding carboxylic acids is 1. The van der Waals surface area contributed by atoms with Crippen LogP contribution in [0.4, 0.5) is 5.69 Å². The van der Waals surface area contributed by atoms with Gasteiger partial charge in [0.05, 0.1) is 32.6 Å². The SMILES string of the molecule is CN(CC(=O)Nc1ccc2c(c1)OCCCO2)Cc1ccco1. The molecule has 0 bridgehead atoms. The lowest BCUT2D eigenvalue weighted by Crippen LogP contribution is -2.29. The van der Waals surface area contributed by atoms with Crippen molar-refractivity contribution in [2.24, 2.45) is 0 Å². The predicted molar refractivity (Wildman–Crippen MR) is 85.7 cm³/mol. The molecule has 122 valence electrons. The van der Waals surface area contributed by atoms with Crippen LogP contribution in [-0.4, -0.2) is 37.6 Å². The minimum absolute atomic E-state index is 0.0893. The van der Waals surface area contributed by atoms with Gasteiger partial charge < -0.3 is 19.2 Å². The normalized spacial score (nSPS) is 13.7. The third-order valence-electron chi connectivity index (χ3n) is 3.45. The van der Waals surface area contributed by atoms with Crippen LogP contribution in [0.15, 0.2) is 41.0 Å². The molecule has 23 heavy (non-hydrogen) atoms. The fourth-order valence-electron chi connectivity index (χ4n) is 2.41. The highest BCUT2D eigenvalue weighted by Gasteiger charge is 2.13. The molecule has 2 aromatic rings. The Hall–Kier alpha value is -2.47. The van der Waals surface area contributed by atoms with Crippen molar-refractivity contribution < 1.29 is 18.7 Å². The highest BCUT2D eigenvalue weighted by Crippen LogP contribution is 2.32. The minimum Gasteiger partial charge on any atom is -0.490 e. The van der Waals surface area contributed by atoms with Crippen LogP contribution in [0.1, 0.15) is 12.2 Å². The number of anilines is 1. The standard InChI is InChI=1S/C17H20N2O4/c1-19(11-14-4-2-7-21-14)12-17(20)18-13-5-6-15-16(10-13)23-9-3-8-22-15/h2,4-7,10H,3,8-9,11-12H2,1H3,(H,18,20). The largest absolute Gasteiger partial charge is 0.490 e. The molecule has 1 aliphatic rings. The Balaban J connectivity index is 1.56. The first-order valence-electron chi connectivity index (χ1n) is 7.61. The number of carbonyl (C=O) groups is 1. The number of hydrogen-bond donors (Lipinski definition) is 1. The summed E-state index contributed by atoms with van der Waals surface area (Å²) in [6.07, 6.45) is 2.48. The van der Waals surface area contributed by atoms with Crippen molar-refractivity contribution in [1.29, 1.82) is 0 Å². The third-order valence-corrected chi connectivity index (χ3v) is 3.45. The Morgan fingerprint density at radius 2 is 2.04 bits per heavy atom. The number of nitrogens with zero attached hydrogens (tertiary/aromatic N) is 1. The number of nitrogens with one attached hydrogen (secondary N) is 1. The van der Waals surface area contributed by atoms with Crippen LogP contribution in [0, 0.1) is 0 Å². The van der Waals surface area contributed by atoms with Crippen molar-refractivity contribution >= 4 is 11.6 Å². The summed E-state index contributed by atoms with van der Waals surface area (Å²) in [5.74, 6) is 2.13. The first-order chi connectivity index (χ1) is 11.2. The van der Waals surface area contributed by atoms with Crippen LogP contribution >= 0.6 is 0 Å². The monoisotopic (exact) mass is 316 g/mol. The molecule has 6 nitrogen and oxygen atoms in total. The van der Waals surface area contributed by atoms with E-state index in [4.69, 9.17) is 13.9 Å². The second-order valence-electron chi connectivity index (χ2n) is 5.51. The van der Waals surface area contributed by atoms with Crippen LogP contribution < -0.4 is 14.8 Å². The van der Waals surface area contributed by atoms with Gasteiger partial charge in [-0.1, -0.05) is 0 Å². The molecule has 1 amide bonds. The molecule has 0 aliphatic carbocycles. The van der Waals surface area contributed by atoms with Gasteiger partial charge in [0.2, 0.25) is 5.91 Å². The van der Waals surface area contributed by atoms with Gasteiger partial charge in [-0.2, -0.15) is 0 Å². The van der Waals surface area contributed by atoms with Gasteiger partial charge in [0, 0.05) is 18.2 Å². The van der Waals surface area contributed by atoms with Crippen LogP contribution in [0.5, 0.6) is 11.5 Å². The molecule has 3 rings (SSSR count). The van der Waals surface area contributed by atoms with Gasteiger partial charge in [-0.15, -0.1) is 0 Å². The van der Waals surface area contributed by atoms with Crippen molar-refractivity contribution in [3.63, 3.8) is 0 Å². The van der Waals surface area contributed by atoms with Gasteiger partial charge >= 0.3 is 0 Å². The van der Waals surface area contributed by atoms with E-state index in [1.54, 1.807) is 12.3 Å². The summed E-state index contributed by atoms with van der Waals surface area (Å²) in [4.78, 5) is 14.0. The molecule has 0 saturated heterocycles. The summed E-state index contributed by atoms with van der Waals surface area (Å²) < 4.78 is 16.5. The number of amides is 1. The van der Waals surface area contributed by atoms with Gasteiger partial charge in [-0.05, 0) is 31.3 Å². The number of fused-ring (bicyclic) bond motifs is 1. The quantitative estimate of drug-likeness (QED) is 0.918. The maximum Gasteiger partial charge on any atom is 0.238 e. The molecule has 0 saturated carbocycles. The van der Waals surface area contributed by atoms with Gasteiger partial charge in [0.25, 0.3) is 0 Å². The summed E-state index contributed by atoms with van der Waals surface area (Å²) in [5.41, 5.74) is 0.700. The van der Waals surface area contributed by atoms with Crippen LogP contribution in [0.3, 0.4) is 0 Å². The summed E-state index contributed by atoms with van der Waals surface area (Å²) in [6.45, 7) is 2.13. The second kappa shape index (κ2) is 7.19. The van der Waals surface area contributed by atoms with Gasteiger partial charge in [-0.3, -0.25) is 9.69 Å². The van der Waals surface area contributed by atoms with Crippen LogP contribution in [0.25, 0.3) is 0 Å². The lowest BCUT2D eigenvalue weighted by molar-refractivity contribution is -0.117. The number of furan rings is 1. The smallest absolute Gasteiger partial charge is 0.238 e. The number of likely N-dealkylation sites (N-methyl/N-ethyl adjacent to an activating group) is 1. The summed E-state index contributed by atoms with van der Waals surface area (Å²) in [7, 11) is 1.87. The number of ether oxygens (including phenoxy) is 2. The van der Waals surface area contributed by atoms with Crippen LogP contribution in [-0.2, 0) is 11.3 Å². The highest BCUT2D eigenvalue weighted by atomic mass is 16.5. The molecule has 0 atom stereocenters. The van der Waals surface area contributed by atoms with Crippen molar-refractivity contribution in [3.8, 4) is 11.5 Å². The molecule has 6 heteroatoms. The molecular formula is C17H20N2O4. The van der Waals surface area contributed by atoms with E-state index in [1.807, 2.05) is 36.2 Å². The Morgan fingerprint density at radius 1 is 1.22 bits per heavy atom. The molecule has 1 N–H and O–H groups in total. The molecule has 0 fully saturated rings. The summed E-state index contributed by atoms with van der Waals surface area (Å²) in [6, 6.07) is 9.16. The fourth-order valence-corrected chi connectivity index (χ4v) is 2.41. The van der Waals surface area contributed by atoms with Gasteiger partial charge in [-0.25, -0.2) is 0 Å². The average molecular weight is 316 g/mol. The van der Waals surface area contributed by atoms with E-state index in [2.05, 4.69) is 5.32 Å². The highest BCUT2D eigenvalue weighted by molar-refractivity contribution is 5.92. The lowest BCUT2D eigenvalue weighted by atomic mass is 10.2. The van der Waals surface area contributed by atoms with E-state index < -0.39 is 0 Å². The van der Waals surface area contributed by atoms with Crippen molar-refractivity contribution in [2.45, 2.75) is 13.0 Å². The van der Waals surface area contributed by atoms with Crippen molar-refractivity contribution in [3.05, 3.63) is 42.4 Å². The topological polar surface area (TPSA) is 63.9 Å². The van der Waals surface area contributed by atoms with E-state index in [0.29, 0.717) is 31.2 Å². The van der Waals surface area contributed by atoms with E-state index in [-0.39, 0.29) is 12.5 Å². The van der Waals surface area contributed by atoms with Gasteiger partial charge in [0.15, 0.2) is 11.5 Å². The zero-order valence-electron chi connectivity index (χ0n) is 13.1. The Bertz CT molecular complexity index is 655. The second-order valence-corrected chi connectivity index (χ2v) is 5.51. The number of benzene rings is 1. The van der Waals surface area contributed by atoms with Gasteiger partial charge in [0.1, 0.15) is 5.76 Å². The summed E-state index contributed by atoms with van der Waals surface area (Å²) in [5, 5.41) is 2.88. The predicted octanol–water partition coefficient (Wildman–Crippen LogP) is 2.51. The number of hydrogen-bond acceptors (Lipinski definition) is 5. The Kier molecular flexibility index (Phi) is 4.83. The first-order valence-corrected chi connectivity index (χ1v) is 7.61. The average Bonchev–Trinajstić information content (AvgIpc) is 2.90. The maximum absolute atomic E-state index is 12.1. The zero-order chi connectivity index (χ0) is 16.1. The molecule has 2 heterocycles. The Morgan fingerprint density at radius 3 is 2.83 bits per heavy atom. The fraction of sp³-hybridized carbons (Fsp3) is 0.353. The molecular weight excluding hydrogens is 296 g/mol. The van der Waals surface area contributed by atoms with E-state index >= 15 is 0 Å². The molecule has 0 unspecified atom stereocenters. The molecule has 1 aromatic carbocycles. The number of rotatable bonds is 5. The molecule has 0 radical (unpaired) electrons. The van der Waals surface area contributed by atoms with E-state index in [9.17, 15) is 4.79 Å². The van der Waals surface area contributed by atoms with E-state index in [1.165, 1.54) is 0 Å². The molecule has 1 aliphatic heterocycles. The Labute approximate surface area is 135 Å². The third kappa shape index (κ3) is 4.26. The molecule has 0 spiro atoms. The van der Waals surface area contributed by atoms with Crippen LogP contribution in [0.2, 0.25) is 0 Å².